The van der Waals surface area contributed by atoms with E-state index in [1.165, 1.54) is 11.3 Å². The molecule has 0 unspecified atom stereocenters. The number of halogens is 2. The Kier molecular flexibility index (Phi) is 3.86. The van der Waals surface area contributed by atoms with Gasteiger partial charge in [-0.15, -0.1) is 0 Å². The molecule has 0 saturated carbocycles. The van der Waals surface area contributed by atoms with Crippen molar-refractivity contribution in [1.29, 1.82) is 0 Å². The molecule has 0 aliphatic carbocycles. The van der Waals surface area contributed by atoms with E-state index in [2.05, 4.69) is 21.2 Å². The highest BCUT2D eigenvalue weighted by molar-refractivity contribution is 9.10. The number of hydrogen-bond acceptors (Lipinski definition) is 2. The quantitative estimate of drug-likeness (QED) is 0.847. The highest BCUT2D eigenvalue weighted by Crippen LogP contribution is 2.26. The number of rotatable bonds is 2. The van der Waals surface area contributed by atoms with Crippen LogP contribution in [0, 0.1) is 6.92 Å². The Morgan fingerprint density at radius 2 is 2.18 bits per heavy atom. The first-order chi connectivity index (χ1) is 8.08. The summed E-state index contributed by atoms with van der Waals surface area (Å²) in [6.45, 7) is 1.92. The lowest BCUT2D eigenvalue weighted by Gasteiger charge is -2.06. The Hall–Kier alpha value is -0.840. The molecule has 88 valence electrons. The lowest BCUT2D eigenvalue weighted by Crippen LogP contribution is -2.11. The normalized spacial score (nSPS) is 10.3. The molecule has 5 heteroatoms. The van der Waals surface area contributed by atoms with Crippen molar-refractivity contribution < 1.29 is 4.79 Å². The van der Waals surface area contributed by atoms with Crippen molar-refractivity contribution in [3.63, 3.8) is 0 Å². The molecule has 0 aliphatic heterocycles. The van der Waals surface area contributed by atoms with E-state index in [1.54, 1.807) is 18.2 Å². The van der Waals surface area contributed by atoms with Gasteiger partial charge in [-0.1, -0.05) is 11.6 Å². The van der Waals surface area contributed by atoms with Crippen LogP contribution in [0.25, 0.3) is 0 Å². The van der Waals surface area contributed by atoms with E-state index in [0.717, 1.165) is 10.0 Å². The number of nitrogens with one attached hydrogen (secondary N) is 1. The van der Waals surface area contributed by atoms with Gasteiger partial charge < -0.3 is 5.32 Å². The standard InChI is InChI=1S/C12H9BrClNOS/c1-7-5-17-6-9(7)12(16)15-8-2-3-10(13)11(14)4-8/h2-6H,1H3,(H,15,16). The lowest BCUT2D eigenvalue weighted by atomic mass is 10.2. The van der Waals surface area contributed by atoms with Crippen molar-refractivity contribution in [2.24, 2.45) is 0 Å². The maximum absolute atomic E-state index is 11.9. The molecular formula is C12H9BrClNOS. The number of carbonyl (C=O) groups excluding carboxylic acids is 1. The molecule has 1 amide bonds. The van der Waals surface area contributed by atoms with Gasteiger partial charge in [-0.2, -0.15) is 11.3 Å². The minimum Gasteiger partial charge on any atom is -0.322 e. The summed E-state index contributed by atoms with van der Waals surface area (Å²) in [6, 6.07) is 5.32. The molecule has 2 nitrogen and oxygen atoms in total. The smallest absolute Gasteiger partial charge is 0.256 e. The van der Waals surface area contributed by atoms with Crippen molar-refractivity contribution >= 4 is 50.5 Å². The highest BCUT2D eigenvalue weighted by atomic mass is 79.9. The van der Waals surface area contributed by atoms with Crippen LogP contribution < -0.4 is 5.32 Å². The Morgan fingerprint density at radius 3 is 2.76 bits per heavy atom. The van der Waals surface area contributed by atoms with Gasteiger partial charge in [0.15, 0.2) is 0 Å². The summed E-state index contributed by atoms with van der Waals surface area (Å²) in [6.07, 6.45) is 0. The third-order valence-corrected chi connectivity index (χ3v) is 4.37. The average molecular weight is 331 g/mol. The van der Waals surface area contributed by atoms with Gasteiger partial charge in [0.1, 0.15) is 0 Å². The van der Waals surface area contributed by atoms with Gasteiger partial charge in [-0.05, 0) is 52.0 Å². The van der Waals surface area contributed by atoms with Crippen LogP contribution in [-0.4, -0.2) is 5.91 Å². The van der Waals surface area contributed by atoms with Crippen LogP contribution in [-0.2, 0) is 0 Å². The lowest BCUT2D eigenvalue weighted by molar-refractivity contribution is 0.102. The summed E-state index contributed by atoms with van der Waals surface area (Å²) >= 11 is 10.8. The van der Waals surface area contributed by atoms with E-state index in [1.807, 2.05) is 17.7 Å². The van der Waals surface area contributed by atoms with Crippen molar-refractivity contribution in [1.82, 2.24) is 0 Å². The maximum Gasteiger partial charge on any atom is 0.256 e. The largest absolute Gasteiger partial charge is 0.322 e. The third kappa shape index (κ3) is 2.89. The predicted octanol–water partition coefficient (Wildman–Crippen LogP) is 4.72. The Labute approximate surface area is 117 Å². The molecule has 0 atom stereocenters. The molecule has 1 aromatic heterocycles. The first-order valence-corrected chi connectivity index (χ1v) is 6.98. The molecule has 0 radical (unpaired) electrons. The number of anilines is 1. The number of aryl methyl sites for hydroxylation is 1. The monoisotopic (exact) mass is 329 g/mol. The van der Waals surface area contributed by atoms with Gasteiger partial charge in [-0.3, -0.25) is 4.79 Å². The van der Waals surface area contributed by atoms with Crippen molar-refractivity contribution in [3.8, 4) is 0 Å². The topological polar surface area (TPSA) is 29.1 Å². The van der Waals surface area contributed by atoms with Crippen LogP contribution in [0.2, 0.25) is 5.02 Å². The van der Waals surface area contributed by atoms with Gasteiger partial charge >= 0.3 is 0 Å². The Bertz CT molecular complexity index is 567. The molecule has 1 heterocycles. The summed E-state index contributed by atoms with van der Waals surface area (Å²) in [7, 11) is 0. The molecule has 0 spiro atoms. The van der Waals surface area contributed by atoms with Gasteiger partial charge in [0.05, 0.1) is 10.6 Å². The predicted molar refractivity (Wildman–Crippen MR) is 76.2 cm³/mol. The second-order valence-electron chi connectivity index (χ2n) is 3.55. The van der Waals surface area contributed by atoms with Crippen LogP contribution in [0.4, 0.5) is 5.69 Å². The number of carbonyl (C=O) groups is 1. The number of hydrogen-bond donors (Lipinski definition) is 1. The zero-order chi connectivity index (χ0) is 12.4. The first-order valence-electron chi connectivity index (χ1n) is 4.87. The molecule has 0 bridgehead atoms. The third-order valence-electron chi connectivity index (χ3n) is 2.28. The molecule has 0 saturated heterocycles. The zero-order valence-electron chi connectivity index (χ0n) is 8.96. The Balaban J connectivity index is 2.19. The summed E-state index contributed by atoms with van der Waals surface area (Å²) in [5, 5.41) is 7.18. The minimum atomic E-state index is -0.109. The molecule has 0 fully saturated rings. The first kappa shape index (κ1) is 12.6. The van der Waals surface area contributed by atoms with E-state index in [4.69, 9.17) is 11.6 Å². The minimum absolute atomic E-state index is 0.109. The highest BCUT2D eigenvalue weighted by Gasteiger charge is 2.10. The molecular weight excluding hydrogens is 322 g/mol. The van der Waals surface area contributed by atoms with Crippen molar-refractivity contribution in [2.45, 2.75) is 6.92 Å². The van der Waals surface area contributed by atoms with E-state index < -0.39 is 0 Å². The molecule has 2 rings (SSSR count). The van der Waals surface area contributed by atoms with Crippen LogP contribution in [0.15, 0.2) is 33.4 Å². The average Bonchev–Trinajstić information content (AvgIpc) is 2.70. The van der Waals surface area contributed by atoms with E-state index in [0.29, 0.717) is 16.3 Å². The number of thiophene rings is 1. The molecule has 2 aromatic rings. The second-order valence-corrected chi connectivity index (χ2v) is 5.56. The van der Waals surface area contributed by atoms with Crippen LogP contribution in [0.3, 0.4) is 0 Å². The summed E-state index contributed by atoms with van der Waals surface area (Å²) in [5.41, 5.74) is 2.37. The maximum atomic E-state index is 11.9. The fraction of sp³-hybridized carbons (Fsp3) is 0.0833. The summed E-state index contributed by atoms with van der Waals surface area (Å²) in [4.78, 5) is 11.9. The fourth-order valence-corrected chi connectivity index (χ4v) is 2.62. The van der Waals surface area contributed by atoms with Crippen LogP contribution in [0.5, 0.6) is 0 Å². The van der Waals surface area contributed by atoms with Gasteiger partial charge in [-0.25, -0.2) is 0 Å². The van der Waals surface area contributed by atoms with E-state index in [9.17, 15) is 4.79 Å². The van der Waals surface area contributed by atoms with Crippen molar-refractivity contribution in [2.75, 3.05) is 5.32 Å². The zero-order valence-corrected chi connectivity index (χ0v) is 12.1. The van der Waals surface area contributed by atoms with Crippen LogP contribution >= 0.6 is 38.9 Å². The fourth-order valence-electron chi connectivity index (χ4n) is 1.37. The van der Waals surface area contributed by atoms with Gasteiger partial charge in [0, 0.05) is 15.5 Å². The van der Waals surface area contributed by atoms with Gasteiger partial charge in [0.25, 0.3) is 5.91 Å². The van der Waals surface area contributed by atoms with Gasteiger partial charge in [0.2, 0.25) is 0 Å². The van der Waals surface area contributed by atoms with E-state index >= 15 is 0 Å². The second kappa shape index (κ2) is 5.21. The summed E-state index contributed by atoms with van der Waals surface area (Å²) < 4.78 is 0.809. The number of amides is 1. The van der Waals surface area contributed by atoms with Crippen LogP contribution in [0.1, 0.15) is 15.9 Å². The van der Waals surface area contributed by atoms with E-state index in [-0.39, 0.29) is 5.91 Å². The van der Waals surface area contributed by atoms with Crippen molar-refractivity contribution in [3.05, 3.63) is 49.6 Å². The molecule has 1 N–H and O–H groups in total. The molecule has 1 aromatic carbocycles. The number of benzene rings is 1. The SMILES string of the molecule is Cc1cscc1C(=O)Nc1ccc(Br)c(Cl)c1. The molecule has 17 heavy (non-hydrogen) atoms. The molecule has 0 aliphatic rings. The summed E-state index contributed by atoms with van der Waals surface area (Å²) in [5.74, 6) is -0.109. The Morgan fingerprint density at radius 1 is 1.41 bits per heavy atom.